The van der Waals surface area contributed by atoms with Crippen LogP contribution in [0, 0.1) is 29.1 Å². The van der Waals surface area contributed by atoms with Gasteiger partial charge in [-0.15, -0.1) is 0 Å². The molecule has 0 spiro atoms. The van der Waals surface area contributed by atoms with Gasteiger partial charge in [0.2, 0.25) is 0 Å². The van der Waals surface area contributed by atoms with Crippen molar-refractivity contribution < 1.29 is 14.6 Å². The van der Waals surface area contributed by atoms with Gasteiger partial charge in [0.25, 0.3) is 0 Å². The number of benzene rings is 1. The van der Waals surface area contributed by atoms with Gasteiger partial charge in [-0.25, -0.2) is 4.79 Å². The van der Waals surface area contributed by atoms with Crippen molar-refractivity contribution in [2.45, 2.75) is 82.3 Å². The van der Waals surface area contributed by atoms with Crippen LogP contribution < -0.4 is 10.6 Å². The third-order valence-electron chi connectivity index (χ3n) is 10.5. The van der Waals surface area contributed by atoms with Gasteiger partial charge in [0.05, 0.1) is 5.60 Å². The fraction of sp³-hybridized carbons (Fsp3) is 0.774. The van der Waals surface area contributed by atoms with E-state index in [-0.39, 0.29) is 18.0 Å². The Labute approximate surface area is 234 Å². The topological polar surface area (TPSA) is 73.8 Å². The number of carbonyl (C=O) groups is 1. The monoisotopic (exact) mass is 545 g/mol. The Bertz CT molecular complexity index is 946. The first-order valence-corrected chi connectivity index (χ1v) is 15.4. The number of aliphatic hydroxyl groups is 1. The van der Waals surface area contributed by atoms with Crippen molar-refractivity contribution in [1.29, 1.82) is 0 Å². The molecule has 4 saturated carbocycles. The van der Waals surface area contributed by atoms with E-state index in [1.807, 2.05) is 36.2 Å². The highest BCUT2D eigenvalue weighted by atomic mass is 35.5. The number of hydrogen-bond acceptors (Lipinski definition) is 4. The molecule has 0 aromatic heterocycles. The van der Waals surface area contributed by atoms with Crippen LogP contribution in [0.1, 0.15) is 76.2 Å². The summed E-state index contributed by atoms with van der Waals surface area (Å²) in [5.41, 5.74) is 0.277. The molecule has 4 bridgehead atoms. The summed E-state index contributed by atoms with van der Waals surface area (Å²) in [7, 11) is 3.70. The standard InChI is InChI=1S/C31H48ClN3O3/c1-33-20-28(19-30-17-22-13-23(18-30)15-26(30)14-22)34-29(36)35-11-6-8-25(21-35)31(37,10-3-4-12-38-2)24-7-5-9-27(32)16-24/h5,7,9,16,22-23,25-26,28,33,37H,3-4,6,8,10-15,17-21H2,1-2H3,(H,34,36)/t22?,23?,25-,26?,28+,30?,31-/m1/s1. The second kappa shape index (κ2) is 12.0. The lowest BCUT2D eigenvalue weighted by Crippen LogP contribution is -2.54. The number of ether oxygens (including phenoxy) is 1. The Balaban J connectivity index is 1.26. The van der Waals surface area contributed by atoms with Crippen LogP contribution in [-0.4, -0.2) is 62.5 Å². The number of hydrogen-bond donors (Lipinski definition) is 3. The lowest BCUT2D eigenvalue weighted by atomic mass is 9.72. The van der Waals surface area contributed by atoms with Crippen LogP contribution >= 0.6 is 11.6 Å². The van der Waals surface area contributed by atoms with E-state index >= 15 is 0 Å². The minimum absolute atomic E-state index is 0.0249. The number of likely N-dealkylation sites (N-methyl/N-ethyl adjacent to an activating group) is 1. The number of rotatable bonds is 12. The van der Waals surface area contributed by atoms with Crippen LogP contribution in [0.4, 0.5) is 4.79 Å². The molecule has 4 aliphatic carbocycles. The fourth-order valence-electron chi connectivity index (χ4n) is 9.01. The maximum atomic E-state index is 13.7. The van der Waals surface area contributed by atoms with E-state index in [2.05, 4.69) is 10.6 Å². The van der Waals surface area contributed by atoms with Crippen LogP contribution in [0.3, 0.4) is 0 Å². The van der Waals surface area contributed by atoms with Crippen molar-refractivity contribution in [2.24, 2.45) is 29.1 Å². The smallest absolute Gasteiger partial charge is 0.317 e. The molecule has 2 unspecified atom stereocenters. The first kappa shape index (κ1) is 28.2. The van der Waals surface area contributed by atoms with Crippen LogP contribution in [-0.2, 0) is 10.3 Å². The maximum Gasteiger partial charge on any atom is 0.317 e. The Kier molecular flexibility index (Phi) is 8.93. The van der Waals surface area contributed by atoms with Gasteiger partial charge in [0, 0.05) is 50.3 Å². The molecular weight excluding hydrogens is 498 g/mol. The van der Waals surface area contributed by atoms with Crippen molar-refractivity contribution in [3.8, 4) is 0 Å². The highest BCUT2D eigenvalue weighted by Gasteiger charge is 2.57. The van der Waals surface area contributed by atoms with Crippen LogP contribution in [0.15, 0.2) is 24.3 Å². The second-order valence-electron chi connectivity index (χ2n) is 13.0. The molecule has 1 saturated heterocycles. The average molecular weight is 546 g/mol. The summed E-state index contributed by atoms with van der Waals surface area (Å²) in [5.74, 6) is 2.68. The van der Waals surface area contributed by atoms with Gasteiger partial charge in [-0.2, -0.15) is 0 Å². The summed E-state index contributed by atoms with van der Waals surface area (Å²) in [4.78, 5) is 15.6. The van der Waals surface area contributed by atoms with Crippen molar-refractivity contribution >= 4 is 17.6 Å². The summed E-state index contributed by atoms with van der Waals surface area (Å²) < 4.78 is 5.24. The molecule has 0 radical (unpaired) electrons. The van der Waals surface area contributed by atoms with Gasteiger partial charge in [-0.1, -0.05) is 23.7 Å². The van der Waals surface area contributed by atoms with E-state index in [9.17, 15) is 9.90 Å². The number of nitrogens with zero attached hydrogens (tertiary/aromatic N) is 1. The van der Waals surface area contributed by atoms with Gasteiger partial charge < -0.3 is 25.4 Å². The zero-order chi connectivity index (χ0) is 26.8. The molecule has 3 N–H and O–H groups in total. The molecule has 1 aromatic rings. The molecule has 1 heterocycles. The highest BCUT2D eigenvalue weighted by Crippen LogP contribution is 2.67. The molecule has 2 amide bonds. The summed E-state index contributed by atoms with van der Waals surface area (Å²) in [5, 5.41) is 19.6. The van der Waals surface area contributed by atoms with Crippen molar-refractivity contribution in [3.05, 3.63) is 34.9 Å². The van der Waals surface area contributed by atoms with E-state index in [0.717, 1.165) is 68.5 Å². The summed E-state index contributed by atoms with van der Waals surface area (Å²) >= 11 is 6.35. The fourth-order valence-corrected chi connectivity index (χ4v) is 9.20. The van der Waals surface area contributed by atoms with Crippen LogP contribution in [0.5, 0.6) is 0 Å². The van der Waals surface area contributed by atoms with E-state index in [1.165, 1.54) is 32.1 Å². The molecule has 7 heteroatoms. The van der Waals surface area contributed by atoms with E-state index < -0.39 is 5.60 Å². The van der Waals surface area contributed by atoms with Gasteiger partial charge in [-0.05, 0) is 119 Å². The predicted molar refractivity (Wildman–Crippen MR) is 152 cm³/mol. The molecule has 1 aliphatic heterocycles. The van der Waals surface area contributed by atoms with Crippen LogP contribution in [0.25, 0.3) is 0 Å². The quantitative estimate of drug-likeness (QED) is 0.300. The molecular formula is C31H48ClN3O3. The molecule has 5 aliphatic rings. The van der Waals surface area contributed by atoms with E-state index in [0.29, 0.717) is 30.0 Å². The van der Waals surface area contributed by atoms with Gasteiger partial charge in [0.1, 0.15) is 0 Å². The molecule has 5 atom stereocenters. The van der Waals surface area contributed by atoms with Crippen molar-refractivity contribution in [3.63, 3.8) is 0 Å². The minimum Gasteiger partial charge on any atom is -0.385 e. The Morgan fingerprint density at radius 3 is 2.76 bits per heavy atom. The number of carbonyl (C=O) groups excluding carboxylic acids is 1. The largest absolute Gasteiger partial charge is 0.385 e. The number of piperidine rings is 1. The lowest BCUT2D eigenvalue weighted by molar-refractivity contribution is -0.0564. The molecule has 6 nitrogen and oxygen atoms in total. The number of methoxy groups -OCH3 is 1. The zero-order valence-corrected chi connectivity index (χ0v) is 24.1. The number of unbranched alkanes of at least 4 members (excludes halogenated alkanes) is 1. The van der Waals surface area contributed by atoms with Crippen molar-refractivity contribution in [1.82, 2.24) is 15.5 Å². The average Bonchev–Trinajstić information content (AvgIpc) is 3.29. The lowest BCUT2D eigenvalue weighted by Gasteiger charge is -2.43. The van der Waals surface area contributed by atoms with Crippen LogP contribution in [0.2, 0.25) is 5.02 Å². The maximum absolute atomic E-state index is 13.7. The normalized spacial score (nSPS) is 32.4. The number of likely N-dealkylation sites (tertiary alicyclic amines) is 1. The van der Waals surface area contributed by atoms with E-state index in [4.69, 9.17) is 16.3 Å². The SMILES string of the molecule is CNC[C@H](CC12CC3CC(CC1C3)C2)NC(=O)N1CCC[C@@H]([C@@](O)(CCCCOC)c2cccc(Cl)c2)C1. The number of nitrogens with one attached hydrogen (secondary N) is 2. The summed E-state index contributed by atoms with van der Waals surface area (Å²) in [6, 6.07) is 7.80. The Morgan fingerprint density at radius 1 is 1.26 bits per heavy atom. The third-order valence-corrected chi connectivity index (χ3v) is 10.7. The van der Waals surface area contributed by atoms with E-state index in [1.54, 1.807) is 7.11 Å². The first-order valence-electron chi connectivity index (χ1n) is 15.0. The molecule has 212 valence electrons. The predicted octanol–water partition coefficient (Wildman–Crippen LogP) is 5.57. The molecule has 5 fully saturated rings. The first-order chi connectivity index (χ1) is 18.3. The third kappa shape index (κ3) is 5.89. The van der Waals surface area contributed by atoms with Gasteiger partial charge in [0.15, 0.2) is 0 Å². The highest BCUT2D eigenvalue weighted by molar-refractivity contribution is 6.30. The number of halogens is 1. The van der Waals surface area contributed by atoms with Crippen molar-refractivity contribution in [2.75, 3.05) is 40.4 Å². The number of amides is 2. The summed E-state index contributed by atoms with van der Waals surface area (Å²) in [6.45, 7) is 2.78. The minimum atomic E-state index is -1.02. The van der Waals surface area contributed by atoms with Gasteiger partial charge in [-0.3, -0.25) is 0 Å². The molecule has 1 aromatic carbocycles. The molecule has 38 heavy (non-hydrogen) atoms. The number of urea groups is 1. The Hall–Kier alpha value is -1.34. The molecule has 6 rings (SSSR count). The van der Waals surface area contributed by atoms with Gasteiger partial charge >= 0.3 is 6.03 Å². The zero-order valence-electron chi connectivity index (χ0n) is 23.4. The Morgan fingerprint density at radius 2 is 2.05 bits per heavy atom. The summed E-state index contributed by atoms with van der Waals surface area (Å²) in [6.07, 6.45) is 12.3. The second-order valence-corrected chi connectivity index (χ2v) is 13.4.